The fourth-order valence-electron chi connectivity index (χ4n) is 2.11. The first-order valence-corrected chi connectivity index (χ1v) is 7.29. The van der Waals surface area contributed by atoms with Gasteiger partial charge in [0.2, 0.25) is 0 Å². The number of hydrogen-bond acceptors (Lipinski definition) is 4. The van der Waals surface area contributed by atoms with Crippen LogP contribution in [-0.2, 0) is 11.2 Å². The molecule has 0 bridgehead atoms. The molecule has 1 N–H and O–H groups in total. The van der Waals surface area contributed by atoms with Gasteiger partial charge in [-0.3, -0.25) is 4.90 Å². The van der Waals surface area contributed by atoms with Crippen LogP contribution in [0.3, 0.4) is 0 Å². The molecule has 2 heterocycles. The van der Waals surface area contributed by atoms with Crippen molar-refractivity contribution in [2.45, 2.75) is 19.4 Å². The molecule has 0 aliphatic carbocycles. The first kappa shape index (κ1) is 13.0. The lowest BCUT2D eigenvalue weighted by Crippen LogP contribution is -2.46. The van der Waals surface area contributed by atoms with E-state index in [1.54, 1.807) is 0 Å². The zero-order chi connectivity index (χ0) is 11.9. The Balaban J connectivity index is 1.53. The van der Waals surface area contributed by atoms with Gasteiger partial charge in [-0.1, -0.05) is 6.07 Å². The average Bonchev–Trinajstić information content (AvgIpc) is 2.84. The van der Waals surface area contributed by atoms with Gasteiger partial charge in [-0.25, -0.2) is 0 Å². The van der Waals surface area contributed by atoms with Gasteiger partial charge in [-0.2, -0.15) is 0 Å². The highest BCUT2D eigenvalue weighted by Crippen LogP contribution is 2.08. The Morgan fingerprint density at radius 1 is 1.53 bits per heavy atom. The van der Waals surface area contributed by atoms with Crippen molar-refractivity contribution in [2.24, 2.45) is 0 Å². The molecule has 1 fully saturated rings. The fraction of sp³-hybridized carbons (Fsp3) is 0.692. The molecular formula is C13H22N2OS. The van der Waals surface area contributed by atoms with Crippen LogP contribution < -0.4 is 5.32 Å². The monoisotopic (exact) mass is 254 g/mol. The van der Waals surface area contributed by atoms with Crippen LogP contribution in [0.2, 0.25) is 0 Å². The van der Waals surface area contributed by atoms with Crippen LogP contribution in [0.4, 0.5) is 0 Å². The van der Waals surface area contributed by atoms with E-state index in [0.717, 1.165) is 45.8 Å². The lowest BCUT2D eigenvalue weighted by Gasteiger charge is -2.33. The maximum atomic E-state index is 5.43. The van der Waals surface area contributed by atoms with E-state index in [1.807, 2.05) is 11.3 Å². The SMILES string of the molecule is CC1COCCN1CCNCCc1cccs1. The van der Waals surface area contributed by atoms with Crippen molar-refractivity contribution in [1.29, 1.82) is 0 Å². The molecule has 1 unspecified atom stereocenters. The second-order valence-electron chi connectivity index (χ2n) is 4.54. The van der Waals surface area contributed by atoms with Crippen molar-refractivity contribution in [3.8, 4) is 0 Å². The summed E-state index contributed by atoms with van der Waals surface area (Å²) in [6, 6.07) is 4.90. The molecule has 1 aromatic rings. The van der Waals surface area contributed by atoms with Gasteiger partial charge in [0.25, 0.3) is 0 Å². The second kappa shape index (κ2) is 7.11. The summed E-state index contributed by atoms with van der Waals surface area (Å²) in [6.45, 7) is 8.39. The molecule has 96 valence electrons. The third-order valence-electron chi connectivity index (χ3n) is 3.21. The molecule has 1 atom stereocenters. The number of thiophene rings is 1. The summed E-state index contributed by atoms with van der Waals surface area (Å²) >= 11 is 1.84. The topological polar surface area (TPSA) is 24.5 Å². The molecule has 2 rings (SSSR count). The predicted octanol–water partition coefficient (Wildman–Crippen LogP) is 1.60. The van der Waals surface area contributed by atoms with Gasteiger partial charge >= 0.3 is 0 Å². The van der Waals surface area contributed by atoms with Crippen LogP contribution >= 0.6 is 11.3 Å². The number of morpholine rings is 1. The molecule has 1 saturated heterocycles. The van der Waals surface area contributed by atoms with Gasteiger partial charge in [0, 0.05) is 37.1 Å². The molecule has 0 spiro atoms. The lowest BCUT2D eigenvalue weighted by atomic mass is 10.2. The van der Waals surface area contributed by atoms with Gasteiger partial charge in [-0.05, 0) is 24.8 Å². The van der Waals surface area contributed by atoms with E-state index in [1.165, 1.54) is 4.88 Å². The van der Waals surface area contributed by atoms with Crippen molar-refractivity contribution >= 4 is 11.3 Å². The highest BCUT2D eigenvalue weighted by Gasteiger charge is 2.17. The number of hydrogen-bond donors (Lipinski definition) is 1. The molecule has 1 aromatic heterocycles. The number of rotatable bonds is 6. The first-order valence-electron chi connectivity index (χ1n) is 6.41. The normalized spacial score (nSPS) is 21.8. The van der Waals surface area contributed by atoms with Crippen LogP contribution in [0.5, 0.6) is 0 Å². The second-order valence-corrected chi connectivity index (χ2v) is 5.57. The summed E-state index contributed by atoms with van der Waals surface area (Å²) in [5.41, 5.74) is 0. The van der Waals surface area contributed by atoms with Gasteiger partial charge in [0.1, 0.15) is 0 Å². The zero-order valence-electron chi connectivity index (χ0n) is 10.5. The average molecular weight is 254 g/mol. The Kier molecular flexibility index (Phi) is 5.45. The van der Waals surface area contributed by atoms with E-state index in [0.29, 0.717) is 6.04 Å². The molecule has 0 amide bonds. The maximum absolute atomic E-state index is 5.43. The van der Waals surface area contributed by atoms with Gasteiger partial charge in [0.05, 0.1) is 13.2 Å². The first-order chi connectivity index (χ1) is 8.36. The van der Waals surface area contributed by atoms with Crippen molar-refractivity contribution in [3.63, 3.8) is 0 Å². The lowest BCUT2D eigenvalue weighted by molar-refractivity contribution is 0.000470. The van der Waals surface area contributed by atoms with Crippen LogP contribution in [0.15, 0.2) is 17.5 Å². The van der Waals surface area contributed by atoms with Crippen molar-refractivity contribution in [1.82, 2.24) is 10.2 Å². The predicted molar refractivity (Wildman–Crippen MR) is 72.7 cm³/mol. The molecule has 0 radical (unpaired) electrons. The summed E-state index contributed by atoms with van der Waals surface area (Å²) in [5, 5.41) is 5.66. The summed E-state index contributed by atoms with van der Waals surface area (Å²) < 4.78 is 5.43. The molecule has 3 nitrogen and oxygen atoms in total. The van der Waals surface area contributed by atoms with Crippen LogP contribution in [-0.4, -0.2) is 50.3 Å². The Bertz CT molecular complexity index is 302. The largest absolute Gasteiger partial charge is 0.379 e. The van der Waals surface area contributed by atoms with E-state index in [-0.39, 0.29) is 0 Å². The van der Waals surface area contributed by atoms with Crippen LogP contribution in [0.1, 0.15) is 11.8 Å². The van der Waals surface area contributed by atoms with E-state index in [2.05, 4.69) is 34.7 Å². The Labute approximate surface area is 108 Å². The van der Waals surface area contributed by atoms with Gasteiger partial charge in [0.15, 0.2) is 0 Å². The summed E-state index contributed by atoms with van der Waals surface area (Å²) in [6.07, 6.45) is 1.15. The van der Waals surface area contributed by atoms with E-state index >= 15 is 0 Å². The maximum Gasteiger partial charge on any atom is 0.0619 e. The highest BCUT2D eigenvalue weighted by molar-refractivity contribution is 7.09. The van der Waals surface area contributed by atoms with E-state index in [9.17, 15) is 0 Å². The molecule has 1 aliphatic heterocycles. The van der Waals surface area contributed by atoms with Crippen molar-refractivity contribution < 1.29 is 4.74 Å². The van der Waals surface area contributed by atoms with Gasteiger partial charge < -0.3 is 10.1 Å². The highest BCUT2D eigenvalue weighted by atomic mass is 32.1. The third-order valence-corrected chi connectivity index (χ3v) is 4.15. The quantitative estimate of drug-likeness (QED) is 0.781. The molecular weight excluding hydrogens is 232 g/mol. The minimum Gasteiger partial charge on any atom is -0.379 e. The Hall–Kier alpha value is -0.420. The Morgan fingerprint density at radius 2 is 2.47 bits per heavy atom. The van der Waals surface area contributed by atoms with E-state index in [4.69, 9.17) is 4.74 Å². The minimum absolute atomic E-state index is 0.572. The smallest absolute Gasteiger partial charge is 0.0619 e. The molecule has 1 aliphatic rings. The van der Waals surface area contributed by atoms with Crippen LogP contribution in [0, 0.1) is 0 Å². The van der Waals surface area contributed by atoms with E-state index < -0.39 is 0 Å². The molecule has 0 aromatic carbocycles. The van der Waals surface area contributed by atoms with Crippen molar-refractivity contribution in [2.75, 3.05) is 39.4 Å². The third kappa shape index (κ3) is 4.39. The summed E-state index contributed by atoms with van der Waals surface area (Å²) in [4.78, 5) is 3.97. The van der Waals surface area contributed by atoms with Crippen LogP contribution in [0.25, 0.3) is 0 Å². The Morgan fingerprint density at radius 3 is 3.24 bits per heavy atom. The number of nitrogens with zero attached hydrogens (tertiary/aromatic N) is 1. The summed E-state index contributed by atoms with van der Waals surface area (Å²) in [5.74, 6) is 0. The fourth-order valence-corrected chi connectivity index (χ4v) is 2.82. The zero-order valence-corrected chi connectivity index (χ0v) is 11.3. The number of nitrogens with one attached hydrogen (secondary N) is 1. The molecule has 17 heavy (non-hydrogen) atoms. The van der Waals surface area contributed by atoms with Crippen molar-refractivity contribution in [3.05, 3.63) is 22.4 Å². The molecule has 0 saturated carbocycles. The molecule has 4 heteroatoms. The standard InChI is InChI=1S/C13H22N2OS/c1-12-11-16-9-8-15(12)7-6-14-5-4-13-3-2-10-17-13/h2-3,10,12,14H,4-9,11H2,1H3. The minimum atomic E-state index is 0.572. The number of ether oxygens (including phenoxy) is 1. The summed E-state index contributed by atoms with van der Waals surface area (Å²) in [7, 11) is 0. The van der Waals surface area contributed by atoms with Gasteiger partial charge in [-0.15, -0.1) is 11.3 Å².